The van der Waals surface area contributed by atoms with Gasteiger partial charge in [0.1, 0.15) is 0 Å². The molecule has 1 aromatic carbocycles. The number of carbonyl (C=O) groups excluding carboxylic acids is 1. The van der Waals surface area contributed by atoms with Gasteiger partial charge in [0.05, 0.1) is 11.1 Å². The molecule has 1 aromatic heterocycles. The molecule has 0 spiro atoms. The number of aliphatic hydroxyl groups is 1. The number of halogens is 1. The minimum absolute atomic E-state index is 0.0642. The number of hydrogen-bond donors (Lipinski definition) is 2. The summed E-state index contributed by atoms with van der Waals surface area (Å²) in [5.41, 5.74) is 1.26. The Morgan fingerprint density at radius 1 is 1.39 bits per heavy atom. The van der Waals surface area contributed by atoms with Gasteiger partial charge in [-0.1, -0.05) is 17.7 Å². The molecule has 1 amide bonds. The van der Waals surface area contributed by atoms with Crippen LogP contribution >= 0.6 is 11.6 Å². The molecule has 94 valence electrons. The van der Waals surface area contributed by atoms with E-state index in [1.165, 1.54) is 6.20 Å². The zero-order valence-corrected chi connectivity index (χ0v) is 10.4. The van der Waals surface area contributed by atoms with Gasteiger partial charge in [-0.25, -0.2) is 0 Å². The standard InChI is InChI=1S/C13H13ClN2O2/c14-11-3-2-9-6-10(8-16-12(9)7-11)13(18)15-4-1-5-17/h2-3,6-8,17H,1,4-5H2,(H,15,18). The maximum atomic E-state index is 11.8. The second-order valence-electron chi connectivity index (χ2n) is 3.89. The molecule has 2 rings (SSSR count). The largest absolute Gasteiger partial charge is 0.396 e. The van der Waals surface area contributed by atoms with E-state index >= 15 is 0 Å². The van der Waals surface area contributed by atoms with Gasteiger partial charge in [0, 0.05) is 29.8 Å². The molecule has 1 heterocycles. The first kappa shape index (κ1) is 12.8. The third-order valence-electron chi connectivity index (χ3n) is 2.53. The fourth-order valence-electron chi connectivity index (χ4n) is 1.60. The highest BCUT2D eigenvalue weighted by molar-refractivity contribution is 6.31. The molecular weight excluding hydrogens is 252 g/mol. The van der Waals surface area contributed by atoms with Gasteiger partial charge >= 0.3 is 0 Å². The van der Waals surface area contributed by atoms with E-state index in [1.807, 2.05) is 6.07 Å². The third-order valence-corrected chi connectivity index (χ3v) is 2.76. The number of aliphatic hydroxyl groups excluding tert-OH is 1. The Bertz CT molecular complexity index is 572. The fourth-order valence-corrected chi connectivity index (χ4v) is 1.77. The molecule has 0 aliphatic rings. The first-order valence-electron chi connectivity index (χ1n) is 5.65. The summed E-state index contributed by atoms with van der Waals surface area (Å²) in [6.45, 7) is 0.517. The molecule has 0 aliphatic heterocycles. The van der Waals surface area contributed by atoms with E-state index in [0.29, 0.717) is 23.6 Å². The molecule has 0 aliphatic carbocycles. The van der Waals surface area contributed by atoms with Gasteiger partial charge in [-0.15, -0.1) is 0 Å². The summed E-state index contributed by atoms with van der Waals surface area (Å²) in [7, 11) is 0. The summed E-state index contributed by atoms with van der Waals surface area (Å²) in [5.74, 6) is -0.187. The SMILES string of the molecule is O=C(NCCCO)c1cnc2cc(Cl)ccc2c1. The number of hydrogen-bond acceptors (Lipinski definition) is 3. The summed E-state index contributed by atoms with van der Waals surface area (Å²) in [6.07, 6.45) is 2.06. The van der Waals surface area contributed by atoms with E-state index in [0.717, 1.165) is 10.9 Å². The maximum absolute atomic E-state index is 11.8. The van der Waals surface area contributed by atoms with Crippen LogP contribution in [-0.4, -0.2) is 29.1 Å². The summed E-state index contributed by atoms with van der Waals surface area (Å²) in [5, 5.41) is 12.8. The molecule has 0 unspecified atom stereocenters. The molecule has 0 saturated heterocycles. The minimum atomic E-state index is -0.187. The highest BCUT2D eigenvalue weighted by Gasteiger charge is 2.06. The summed E-state index contributed by atoms with van der Waals surface area (Å²) in [6, 6.07) is 7.12. The quantitative estimate of drug-likeness (QED) is 0.831. The van der Waals surface area contributed by atoms with E-state index in [2.05, 4.69) is 10.3 Å². The van der Waals surface area contributed by atoms with Crippen molar-refractivity contribution in [1.82, 2.24) is 10.3 Å². The molecule has 0 atom stereocenters. The van der Waals surface area contributed by atoms with E-state index in [1.54, 1.807) is 18.2 Å². The van der Waals surface area contributed by atoms with Crippen molar-refractivity contribution in [2.45, 2.75) is 6.42 Å². The van der Waals surface area contributed by atoms with Crippen molar-refractivity contribution in [3.8, 4) is 0 Å². The van der Waals surface area contributed by atoms with Crippen molar-refractivity contribution in [3.05, 3.63) is 41.0 Å². The summed E-state index contributed by atoms with van der Waals surface area (Å²) < 4.78 is 0. The molecule has 2 aromatic rings. The van der Waals surface area contributed by atoms with Crippen LogP contribution in [0.1, 0.15) is 16.8 Å². The minimum Gasteiger partial charge on any atom is -0.396 e. The Morgan fingerprint density at radius 3 is 3.00 bits per heavy atom. The zero-order chi connectivity index (χ0) is 13.0. The van der Waals surface area contributed by atoms with Crippen LogP contribution in [0.3, 0.4) is 0 Å². The molecule has 0 fully saturated rings. The molecule has 0 bridgehead atoms. The van der Waals surface area contributed by atoms with Crippen molar-refractivity contribution in [2.75, 3.05) is 13.2 Å². The number of rotatable bonds is 4. The molecular formula is C13H13ClN2O2. The van der Waals surface area contributed by atoms with Crippen LogP contribution in [0.25, 0.3) is 10.9 Å². The predicted octanol–water partition coefficient (Wildman–Crippen LogP) is 2.00. The van der Waals surface area contributed by atoms with E-state index < -0.39 is 0 Å². The smallest absolute Gasteiger partial charge is 0.252 e. The Balaban J connectivity index is 2.19. The highest BCUT2D eigenvalue weighted by atomic mass is 35.5. The number of fused-ring (bicyclic) bond motifs is 1. The van der Waals surface area contributed by atoms with Gasteiger partial charge in [0.2, 0.25) is 0 Å². The van der Waals surface area contributed by atoms with Crippen LogP contribution in [-0.2, 0) is 0 Å². The van der Waals surface area contributed by atoms with Crippen LogP contribution in [0.2, 0.25) is 5.02 Å². The second-order valence-corrected chi connectivity index (χ2v) is 4.33. The normalized spacial score (nSPS) is 10.6. The van der Waals surface area contributed by atoms with Gasteiger partial charge in [0.15, 0.2) is 0 Å². The lowest BCUT2D eigenvalue weighted by molar-refractivity contribution is 0.0951. The van der Waals surface area contributed by atoms with Gasteiger partial charge < -0.3 is 10.4 Å². The topological polar surface area (TPSA) is 62.2 Å². The molecule has 4 nitrogen and oxygen atoms in total. The lowest BCUT2D eigenvalue weighted by atomic mass is 10.1. The second kappa shape index (κ2) is 5.80. The zero-order valence-electron chi connectivity index (χ0n) is 9.69. The lowest BCUT2D eigenvalue weighted by Crippen LogP contribution is -2.25. The first-order valence-corrected chi connectivity index (χ1v) is 6.03. The van der Waals surface area contributed by atoms with Gasteiger partial charge in [0.25, 0.3) is 5.91 Å². The number of amides is 1. The Morgan fingerprint density at radius 2 is 2.22 bits per heavy atom. The van der Waals surface area contributed by atoms with Crippen molar-refractivity contribution in [3.63, 3.8) is 0 Å². The van der Waals surface area contributed by atoms with Gasteiger partial charge in [-0.3, -0.25) is 9.78 Å². The number of aromatic nitrogens is 1. The van der Waals surface area contributed by atoms with Crippen molar-refractivity contribution >= 4 is 28.4 Å². The van der Waals surface area contributed by atoms with Gasteiger partial charge in [-0.05, 0) is 24.6 Å². The lowest BCUT2D eigenvalue weighted by Gasteiger charge is -2.05. The number of nitrogens with one attached hydrogen (secondary N) is 1. The molecule has 18 heavy (non-hydrogen) atoms. The third kappa shape index (κ3) is 2.97. The number of carbonyl (C=O) groups is 1. The van der Waals surface area contributed by atoms with Crippen LogP contribution in [0.15, 0.2) is 30.5 Å². The average molecular weight is 265 g/mol. The molecule has 0 saturated carbocycles. The van der Waals surface area contributed by atoms with E-state index in [4.69, 9.17) is 16.7 Å². The van der Waals surface area contributed by atoms with Crippen molar-refractivity contribution in [2.24, 2.45) is 0 Å². The highest BCUT2D eigenvalue weighted by Crippen LogP contribution is 2.18. The van der Waals surface area contributed by atoms with Crippen molar-refractivity contribution in [1.29, 1.82) is 0 Å². The summed E-state index contributed by atoms with van der Waals surface area (Å²) in [4.78, 5) is 16.0. The number of pyridine rings is 1. The van der Waals surface area contributed by atoms with Crippen LogP contribution < -0.4 is 5.32 Å². The summed E-state index contributed by atoms with van der Waals surface area (Å²) >= 11 is 5.86. The Hall–Kier alpha value is -1.65. The fraction of sp³-hybridized carbons (Fsp3) is 0.231. The van der Waals surface area contributed by atoms with Crippen LogP contribution in [0.5, 0.6) is 0 Å². The maximum Gasteiger partial charge on any atom is 0.252 e. The Labute approximate surface area is 110 Å². The average Bonchev–Trinajstić information content (AvgIpc) is 2.38. The number of benzene rings is 1. The van der Waals surface area contributed by atoms with E-state index in [9.17, 15) is 4.79 Å². The predicted molar refractivity (Wildman–Crippen MR) is 70.8 cm³/mol. The molecule has 2 N–H and O–H groups in total. The van der Waals surface area contributed by atoms with Crippen LogP contribution in [0, 0.1) is 0 Å². The number of nitrogens with zero attached hydrogens (tertiary/aromatic N) is 1. The monoisotopic (exact) mass is 264 g/mol. The van der Waals surface area contributed by atoms with Gasteiger partial charge in [-0.2, -0.15) is 0 Å². The molecule has 0 radical (unpaired) electrons. The van der Waals surface area contributed by atoms with Crippen molar-refractivity contribution < 1.29 is 9.90 Å². The van der Waals surface area contributed by atoms with Crippen LogP contribution in [0.4, 0.5) is 0 Å². The molecule has 5 heteroatoms. The van der Waals surface area contributed by atoms with E-state index in [-0.39, 0.29) is 12.5 Å². The first-order chi connectivity index (χ1) is 8.70. The Kier molecular flexibility index (Phi) is 4.12.